The van der Waals surface area contributed by atoms with Crippen LogP contribution in [0.15, 0.2) is 65.5 Å². The van der Waals surface area contributed by atoms with Gasteiger partial charge < -0.3 is 24.1 Å². The molecule has 0 radical (unpaired) electrons. The maximum atomic E-state index is 13.6. The van der Waals surface area contributed by atoms with Gasteiger partial charge in [-0.05, 0) is 47.2 Å². The van der Waals surface area contributed by atoms with E-state index in [0.717, 1.165) is 27.6 Å². The second-order valence-corrected chi connectivity index (χ2v) is 8.16. The summed E-state index contributed by atoms with van der Waals surface area (Å²) in [5.41, 5.74) is 3.47. The number of benzene rings is 3. The summed E-state index contributed by atoms with van der Waals surface area (Å²) in [4.78, 5) is 26.8. The number of hydrogen-bond acceptors (Lipinski definition) is 5. The van der Waals surface area contributed by atoms with Crippen molar-refractivity contribution in [3.8, 4) is 28.4 Å². The molecule has 0 saturated carbocycles. The summed E-state index contributed by atoms with van der Waals surface area (Å²) in [6, 6.07) is 18.8. The van der Waals surface area contributed by atoms with Crippen LogP contribution in [-0.4, -0.2) is 31.8 Å². The fourth-order valence-electron chi connectivity index (χ4n) is 4.36. The van der Waals surface area contributed by atoms with E-state index < -0.39 is 0 Å². The molecule has 1 aromatic heterocycles. The highest BCUT2D eigenvalue weighted by molar-refractivity contribution is 6.08. The van der Waals surface area contributed by atoms with Crippen LogP contribution in [0, 0.1) is 6.92 Å². The van der Waals surface area contributed by atoms with Crippen molar-refractivity contribution >= 4 is 16.7 Å². The zero-order valence-electron chi connectivity index (χ0n) is 20.5. The minimum absolute atomic E-state index is 0.198. The van der Waals surface area contributed by atoms with Crippen LogP contribution in [0.1, 0.15) is 21.6 Å². The molecule has 0 spiro atoms. The summed E-state index contributed by atoms with van der Waals surface area (Å²) in [5.74, 6) is 1.11. The van der Waals surface area contributed by atoms with Gasteiger partial charge >= 0.3 is 0 Å². The summed E-state index contributed by atoms with van der Waals surface area (Å²) >= 11 is 0. The number of fused-ring (bicyclic) bond motifs is 1. The first-order chi connectivity index (χ1) is 16.9. The van der Waals surface area contributed by atoms with Crippen molar-refractivity contribution in [3.63, 3.8) is 0 Å². The van der Waals surface area contributed by atoms with Crippen LogP contribution >= 0.6 is 0 Å². The number of aryl methyl sites for hydroxylation is 1. The normalized spacial score (nSPS) is 10.8. The smallest absolute Gasteiger partial charge is 0.268 e. The minimum Gasteiger partial charge on any atom is -0.493 e. The molecule has 0 fully saturated rings. The lowest BCUT2D eigenvalue weighted by Gasteiger charge is -2.19. The lowest BCUT2D eigenvalue weighted by atomic mass is 9.93. The quantitative estimate of drug-likeness (QED) is 0.429. The van der Waals surface area contributed by atoms with Gasteiger partial charge in [-0.3, -0.25) is 9.59 Å². The van der Waals surface area contributed by atoms with Gasteiger partial charge in [0.2, 0.25) is 5.75 Å². The van der Waals surface area contributed by atoms with Crippen molar-refractivity contribution in [1.29, 1.82) is 0 Å². The Morgan fingerprint density at radius 1 is 0.886 bits per heavy atom. The van der Waals surface area contributed by atoms with E-state index in [0.29, 0.717) is 28.3 Å². The Balaban J connectivity index is 1.82. The van der Waals surface area contributed by atoms with Crippen LogP contribution in [0.4, 0.5) is 0 Å². The van der Waals surface area contributed by atoms with Crippen molar-refractivity contribution in [2.75, 3.05) is 21.3 Å². The molecule has 7 nitrogen and oxygen atoms in total. The lowest BCUT2D eigenvalue weighted by molar-refractivity contribution is 0.0942. The predicted octanol–water partition coefficient (Wildman–Crippen LogP) is 4.47. The topological polar surface area (TPSA) is 78.8 Å². The van der Waals surface area contributed by atoms with Gasteiger partial charge in [0.05, 0.1) is 21.3 Å². The van der Waals surface area contributed by atoms with Crippen LogP contribution in [-0.2, 0) is 13.6 Å². The molecule has 0 aliphatic carbocycles. The highest BCUT2D eigenvalue weighted by Gasteiger charge is 2.23. The number of rotatable bonds is 7. The molecule has 0 aliphatic heterocycles. The second kappa shape index (κ2) is 9.93. The second-order valence-electron chi connectivity index (χ2n) is 8.16. The number of carbonyl (C=O) groups is 1. The Morgan fingerprint density at radius 3 is 2.09 bits per heavy atom. The first-order valence-electron chi connectivity index (χ1n) is 11.2. The third kappa shape index (κ3) is 4.33. The van der Waals surface area contributed by atoms with Crippen LogP contribution in [0.2, 0.25) is 0 Å². The Hall–Kier alpha value is -4.26. The molecule has 1 heterocycles. The number of nitrogens with zero attached hydrogens (tertiary/aromatic N) is 1. The SMILES string of the molecule is COc1cc(CNC(=O)c2c(-c3ccccc3C)c3ccccc3c(=O)n2C)cc(OC)c1OC. The van der Waals surface area contributed by atoms with Crippen LogP contribution in [0.25, 0.3) is 21.9 Å². The molecule has 1 amide bonds. The molecule has 35 heavy (non-hydrogen) atoms. The van der Waals surface area contributed by atoms with E-state index in [2.05, 4.69) is 5.32 Å². The Kier molecular flexibility index (Phi) is 6.78. The molecule has 4 aromatic rings. The highest BCUT2D eigenvalue weighted by atomic mass is 16.5. The number of nitrogens with one attached hydrogen (secondary N) is 1. The molecular weight excluding hydrogens is 444 g/mol. The third-order valence-corrected chi connectivity index (χ3v) is 6.11. The van der Waals surface area contributed by atoms with Crippen molar-refractivity contribution in [3.05, 3.63) is 87.8 Å². The predicted molar refractivity (Wildman–Crippen MR) is 137 cm³/mol. The molecule has 0 unspecified atom stereocenters. The van der Waals surface area contributed by atoms with E-state index in [1.54, 1.807) is 39.5 Å². The van der Waals surface area contributed by atoms with Gasteiger partial charge in [-0.15, -0.1) is 0 Å². The summed E-state index contributed by atoms with van der Waals surface area (Å²) in [6.45, 7) is 2.19. The number of pyridine rings is 1. The Labute approximate surface area is 203 Å². The Bertz CT molecular complexity index is 1450. The number of hydrogen-bond donors (Lipinski definition) is 1. The first kappa shape index (κ1) is 23.9. The fourth-order valence-corrected chi connectivity index (χ4v) is 4.36. The lowest BCUT2D eigenvalue weighted by Crippen LogP contribution is -2.32. The number of methoxy groups -OCH3 is 3. The summed E-state index contributed by atoms with van der Waals surface area (Å²) in [5, 5.41) is 4.27. The van der Waals surface area contributed by atoms with Gasteiger partial charge in [0.25, 0.3) is 11.5 Å². The third-order valence-electron chi connectivity index (χ3n) is 6.11. The molecule has 0 saturated heterocycles. The van der Waals surface area contributed by atoms with E-state index in [9.17, 15) is 9.59 Å². The molecule has 0 aliphatic rings. The molecule has 1 N–H and O–H groups in total. The maximum absolute atomic E-state index is 13.6. The van der Waals surface area contributed by atoms with Crippen molar-refractivity contribution in [2.45, 2.75) is 13.5 Å². The Morgan fingerprint density at radius 2 is 1.49 bits per heavy atom. The van der Waals surface area contributed by atoms with E-state index in [1.807, 2.05) is 49.4 Å². The maximum Gasteiger partial charge on any atom is 0.268 e. The molecule has 4 rings (SSSR count). The highest BCUT2D eigenvalue weighted by Crippen LogP contribution is 2.38. The standard InChI is InChI=1S/C28H28N2O5/c1-17-10-6-7-11-19(17)24-20-12-8-9-13-21(20)28(32)30(2)25(24)27(31)29-16-18-14-22(33-3)26(35-5)23(15-18)34-4/h6-15H,16H2,1-5H3,(H,29,31). The molecule has 180 valence electrons. The molecule has 0 bridgehead atoms. The largest absolute Gasteiger partial charge is 0.493 e. The monoisotopic (exact) mass is 472 g/mol. The van der Waals surface area contributed by atoms with Crippen molar-refractivity contribution in [2.24, 2.45) is 7.05 Å². The molecular formula is C28H28N2O5. The molecule has 0 atom stereocenters. The zero-order valence-corrected chi connectivity index (χ0v) is 20.5. The van der Waals surface area contributed by atoms with Gasteiger partial charge in [-0.1, -0.05) is 42.5 Å². The number of carbonyl (C=O) groups excluding carboxylic acids is 1. The minimum atomic E-state index is -0.359. The van der Waals surface area contributed by atoms with Gasteiger partial charge in [0.15, 0.2) is 11.5 Å². The summed E-state index contributed by atoms with van der Waals surface area (Å²) < 4.78 is 17.6. The number of amides is 1. The average molecular weight is 473 g/mol. The molecule has 3 aromatic carbocycles. The van der Waals surface area contributed by atoms with E-state index in [1.165, 1.54) is 11.7 Å². The van der Waals surface area contributed by atoms with E-state index >= 15 is 0 Å². The zero-order chi connectivity index (χ0) is 25.1. The van der Waals surface area contributed by atoms with Crippen molar-refractivity contribution in [1.82, 2.24) is 9.88 Å². The number of aromatic nitrogens is 1. The van der Waals surface area contributed by atoms with Crippen LogP contribution < -0.4 is 25.1 Å². The molecule has 7 heteroatoms. The van der Waals surface area contributed by atoms with E-state index in [-0.39, 0.29) is 18.0 Å². The van der Waals surface area contributed by atoms with Gasteiger partial charge in [-0.2, -0.15) is 0 Å². The van der Waals surface area contributed by atoms with Crippen LogP contribution in [0.3, 0.4) is 0 Å². The van der Waals surface area contributed by atoms with Gasteiger partial charge in [-0.25, -0.2) is 0 Å². The van der Waals surface area contributed by atoms with Crippen molar-refractivity contribution < 1.29 is 19.0 Å². The summed E-state index contributed by atoms with van der Waals surface area (Å²) in [6.07, 6.45) is 0. The van der Waals surface area contributed by atoms with Crippen LogP contribution in [0.5, 0.6) is 17.2 Å². The summed E-state index contributed by atoms with van der Waals surface area (Å²) in [7, 11) is 6.25. The number of ether oxygens (including phenoxy) is 3. The van der Waals surface area contributed by atoms with Gasteiger partial charge in [0, 0.05) is 24.5 Å². The first-order valence-corrected chi connectivity index (χ1v) is 11.2. The fraction of sp³-hybridized carbons (Fsp3) is 0.214. The average Bonchev–Trinajstić information content (AvgIpc) is 2.89. The van der Waals surface area contributed by atoms with E-state index in [4.69, 9.17) is 14.2 Å². The van der Waals surface area contributed by atoms with Gasteiger partial charge in [0.1, 0.15) is 5.69 Å².